The molecule has 1 aliphatic rings. The van der Waals surface area contributed by atoms with Crippen LogP contribution in [0.4, 0.5) is 0 Å². The molecule has 0 N–H and O–H groups in total. The van der Waals surface area contributed by atoms with Crippen LogP contribution in [0.3, 0.4) is 0 Å². The molecule has 1 aromatic rings. The highest BCUT2D eigenvalue weighted by Crippen LogP contribution is 2.22. The number of rotatable bonds is 6. The summed E-state index contributed by atoms with van der Waals surface area (Å²) in [5.74, 6) is -0.220. The number of likely N-dealkylation sites (N-methyl/N-ethyl adjacent to an activating group) is 1. The van der Waals surface area contributed by atoms with Gasteiger partial charge in [-0.2, -0.15) is 0 Å². The highest BCUT2D eigenvalue weighted by atomic mass is 16.5. The molecule has 2 rings (SSSR count). The standard InChI is InChI=1S/C18H27NO2/c1-3-19(17-12-8-5-9-13-17)14-15(2)21-18(20)16-10-6-4-7-11-16/h4,6-7,10-11,15,17H,3,5,8-9,12-14H2,1-2H3/t15-/m0/s1. The predicted octanol–water partition coefficient (Wildman–Crippen LogP) is 3.89. The Bertz CT molecular complexity index is 426. The third-order valence-corrected chi connectivity index (χ3v) is 4.31. The highest BCUT2D eigenvalue weighted by molar-refractivity contribution is 5.89. The molecule has 0 unspecified atom stereocenters. The largest absolute Gasteiger partial charge is 0.458 e. The lowest BCUT2D eigenvalue weighted by Crippen LogP contribution is -2.41. The fourth-order valence-corrected chi connectivity index (χ4v) is 3.18. The number of carbonyl (C=O) groups excluding carboxylic acids is 1. The number of nitrogens with zero attached hydrogens (tertiary/aromatic N) is 1. The van der Waals surface area contributed by atoms with Crippen LogP contribution in [-0.2, 0) is 4.74 Å². The summed E-state index contributed by atoms with van der Waals surface area (Å²) in [7, 11) is 0. The van der Waals surface area contributed by atoms with Gasteiger partial charge in [0.05, 0.1) is 5.56 Å². The van der Waals surface area contributed by atoms with E-state index >= 15 is 0 Å². The molecule has 0 aromatic heterocycles. The number of hydrogen-bond donors (Lipinski definition) is 0. The summed E-state index contributed by atoms with van der Waals surface area (Å²) in [5.41, 5.74) is 0.630. The van der Waals surface area contributed by atoms with Crippen LogP contribution in [0, 0.1) is 0 Å². The Kier molecular flexibility index (Phi) is 6.24. The van der Waals surface area contributed by atoms with Gasteiger partial charge in [-0.3, -0.25) is 4.90 Å². The third kappa shape index (κ3) is 4.85. The first-order valence-corrected chi connectivity index (χ1v) is 8.20. The van der Waals surface area contributed by atoms with Crippen LogP contribution < -0.4 is 0 Å². The van der Waals surface area contributed by atoms with Crippen molar-refractivity contribution in [3.05, 3.63) is 35.9 Å². The van der Waals surface area contributed by atoms with Crippen LogP contribution in [0.25, 0.3) is 0 Å². The van der Waals surface area contributed by atoms with Gasteiger partial charge in [-0.25, -0.2) is 4.79 Å². The summed E-state index contributed by atoms with van der Waals surface area (Å²) in [6.45, 7) is 6.05. The maximum atomic E-state index is 12.1. The Morgan fingerprint density at radius 2 is 1.90 bits per heavy atom. The van der Waals surface area contributed by atoms with Crippen molar-refractivity contribution in [2.75, 3.05) is 13.1 Å². The van der Waals surface area contributed by atoms with E-state index in [-0.39, 0.29) is 12.1 Å². The van der Waals surface area contributed by atoms with Crippen LogP contribution in [0.15, 0.2) is 30.3 Å². The van der Waals surface area contributed by atoms with Crippen molar-refractivity contribution < 1.29 is 9.53 Å². The van der Waals surface area contributed by atoms with Crippen LogP contribution in [0.1, 0.15) is 56.3 Å². The molecule has 1 atom stereocenters. The van der Waals surface area contributed by atoms with Crippen molar-refractivity contribution >= 4 is 5.97 Å². The van der Waals surface area contributed by atoms with Crippen molar-refractivity contribution in [1.82, 2.24) is 4.90 Å². The van der Waals surface area contributed by atoms with Crippen molar-refractivity contribution in [3.8, 4) is 0 Å². The van der Waals surface area contributed by atoms with Crippen LogP contribution >= 0.6 is 0 Å². The summed E-state index contributed by atoms with van der Waals surface area (Å²) in [6.07, 6.45) is 6.53. The van der Waals surface area contributed by atoms with Gasteiger partial charge in [0.1, 0.15) is 6.10 Å². The molecule has 0 aliphatic heterocycles. The molecule has 1 saturated carbocycles. The van der Waals surface area contributed by atoms with E-state index in [1.54, 1.807) is 12.1 Å². The molecule has 0 bridgehead atoms. The number of carbonyl (C=O) groups is 1. The Hall–Kier alpha value is -1.35. The summed E-state index contributed by atoms with van der Waals surface area (Å²) >= 11 is 0. The van der Waals surface area contributed by atoms with Gasteiger partial charge in [-0.15, -0.1) is 0 Å². The molecule has 0 radical (unpaired) electrons. The van der Waals surface area contributed by atoms with Gasteiger partial charge in [0.2, 0.25) is 0 Å². The summed E-state index contributed by atoms with van der Waals surface area (Å²) in [5, 5.41) is 0. The van der Waals surface area contributed by atoms with E-state index in [2.05, 4.69) is 11.8 Å². The van der Waals surface area contributed by atoms with E-state index in [0.717, 1.165) is 13.1 Å². The second-order valence-electron chi connectivity index (χ2n) is 5.96. The first kappa shape index (κ1) is 16.0. The first-order valence-electron chi connectivity index (χ1n) is 8.20. The average molecular weight is 289 g/mol. The van der Waals surface area contributed by atoms with Gasteiger partial charge < -0.3 is 4.74 Å². The average Bonchev–Trinajstić information content (AvgIpc) is 2.54. The van der Waals surface area contributed by atoms with Crippen molar-refractivity contribution in [2.45, 2.75) is 58.1 Å². The van der Waals surface area contributed by atoms with E-state index < -0.39 is 0 Å². The van der Waals surface area contributed by atoms with Crippen molar-refractivity contribution in [2.24, 2.45) is 0 Å². The molecule has 0 amide bonds. The zero-order chi connectivity index (χ0) is 15.1. The van der Waals surface area contributed by atoms with Gasteiger partial charge in [0, 0.05) is 12.6 Å². The van der Waals surface area contributed by atoms with Crippen LogP contribution in [0.5, 0.6) is 0 Å². The molecule has 1 aromatic carbocycles. The van der Waals surface area contributed by atoms with E-state index in [9.17, 15) is 4.79 Å². The molecule has 0 saturated heterocycles. The van der Waals surface area contributed by atoms with Gasteiger partial charge in [-0.05, 0) is 38.4 Å². The minimum absolute atomic E-state index is 0.0698. The van der Waals surface area contributed by atoms with E-state index in [1.807, 2.05) is 25.1 Å². The summed E-state index contributed by atoms with van der Waals surface area (Å²) in [4.78, 5) is 14.5. The maximum absolute atomic E-state index is 12.1. The van der Waals surface area contributed by atoms with E-state index in [0.29, 0.717) is 11.6 Å². The van der Waals surface area contributed by atoms with Gasteiger partial charge >= 0.3 is 5.97 Å². The summed E-state index contributed by atoms with van der Waals surface area (Å²) < 4.78 is 5.58. The lowest BCUT2D eigenvalue weighted by atomic mass is 9.94. The predicted molar refractivity (Wildman–Crippen MR) is 85.4 cm³/mol. The minimum Gasteiger partial charge on any atom is -0.458 e. The zero-order valence-electron chi connectivity index (χ0n) is 13.3. The van der Waals surface area contributed by atoms with Gasteiger partial charge in [0.25, 0.3) is 0 Å². The molecule has 21 heavy (non-hydrogen) atoms. The third-order valence-electron chi connectivity index (χ3n) is 4.31. The quantitative estimate of drug-likeness (QED) is 0.744. The minimum atomic E-state index is -0.220. The van der Waals surface area contributed by atoms with Gasteiger partial charge in [-0.1, -0.05) is 44.4 Å². The van der Waals surface area contributed by atoms with Gasteiger partial charge in [0.15, 0.2) is 0 Å². The molecule has 3 nitrogen and oxygen atoms in total. The first-order chi connectivity index (χ1) is 10.2. The number of benzene rings is 1. The lowest BCUT2D eigenvalue weighted by Gasteiger charge is -2.34. The molecule has 116 valence electrons. The zero-order valence-corrected chi connectivity index (χ0v) is 13.3. The Balaban J connectivity index is 1.84. The Morgan fingerprint density at radius 1 is 1.24 bits per heavy atom. The van der Waals surface area contributed by atoms with Crippen molar-refractivity contribution in [3.63, 3.8) is 0 Å². The Morgan fingerprint density at radius 3 is 2.52 bits per heavy atom. The number of esters is 1. The second kappa shape index (κ2) is 8.18. The van der Waals surface area contributed by atoms with E-state index in [4.69, 9.17) is 4.74 Å². The smallest absolute Gasteiger partial charge is 0.338 e. The molecule has 1 fully saturated rings. The molecule has 3 heteroatoms. The fraction of sp³-hybridized carbons (Fsp3) is 0.611. The molecule has 0 spiro atoms. The highest BCUT2D eigenvalue weighted by Gasteiger charge is 2.22. The molecular weight excluding hydrogens is 262 g/mol. The molecule has 1 aliphatic carbocycles. The number of hydrogen-bond acceptors (Lipinski definition) is 3. The SMILES string of the molecule is CCN(C[C@H](C)OC(=O)c1ccccc1)C1CCCCC1. The Labute approximate surface area is 128 Å². The summed E-state index contributed by atoms with van der Waals surface area (Å²) in [6, 6.07) is 9.90. The lowest BCUT2D eigenvalue weighted by molar-refractivity contribution is 0.0189. The van der Waals surface area contributed by atoms with Crippen molar-refractivity contribution in [1.29, 1.82) is 0 Å². The fourth-order valence-electron chi connectivity index (χ4n) is 3.18. The normalized spacial score (nSPS) is 17.7. The molecular formula is C18H27NO2. The number of ether oxygens (including phenoxy) is 1. The van der Waals surface area contributed by atoms with Crippen LogP contribution in [-0.4, -0.2) is 36.1 Å². The monoisotopic (exact) mass is 289 g/mol. The topological polar surface area (TPSA) is 29.5 Å². The maximum Gasteiger partial charge on any atom is 0.338 e. The van der Waals surface area contributed by atoms with E-state index in [1.165, 1.54) is 32.1 Å². The van der Waals surface area contributed by atoms with Crippen LogP contribution in [0.2, 0.25) is 0 Å². The second-order valence-corrected chi connectivity index (χ2v) is 5.96. The molecule has 0 heterocycles.